The van der Waals surface area contributed by atoms with Crippen LogP contribution in [0.3, 0.4) is 0 Å². The number of hydrogen-bond acceptors (Lipinski definition) is 7. The molecule has 3 aromatic rings. The van der Waals surface area contributed by atoms with Crippen LogP contribution in [0.2, 0.25) is 0 Å². The third-order valence-electron chi connectivity index (χ3n) is 9.27. The van der Waals surface area contributed by atoms with Gasteiger partial charge in [0, 0.05) is 37.8 Å². The van der Waals surface area contributed by atoms with E-state index in [1.807, 2.05) is 6.07 Å². The van der Waals surface area contributed by atoms with Crippen LogP contribution < -0.4 is 15.0 Å². The molecule has 54 heavy (non-hydrogen) atoms. The van der Waals surface area contributed by atoms with Gasteiger partial charge in [-0.1, -0.05) is 60.7 Å². The maximum Gasteiger partial charge on any atom is 0.417 e. The molecule has 0 aromatic heterocycles. The lowest BCUT2D eigenvalue weighted by Gasteiger charge is -2.43. The maximum absolute atomic E-state index is 14.9. The van der Waals surface area contributed by atoms with Crippen molar-refractivity contribution < 1.29 is 46.6 Å². The Morgan fingerprint density at radius 2 is 1.67 bits per heavy atom. The van der Waals surface area contributed by atoms with Crippen LogP contribution in [-0.2, 0) is 32.7 Å². The lowest BCUT2D eigenvalue weighted by molar-refractivity contribution is -0.138. The van der Waals surface area contributed by atoms with Gasteiger partial charge in [0.2, 0.25) is 5.60 Å². The molecule has 1 N–H and O–H groups in total. The first kappa shape index (κ1) is 39.9. The van der Waals surface area contributed by atoms with E-state index in [0.717, 1.165) is 17.7 Å². The summed E-state index contributed by atoms with van der Waals surface area (Å²) in [6.07, 6.45) is -5.36. The molecule has 2 aliphatic heterocycles. The van der Waals surface area contributed by atoms with Crippen molar-refractivity contribution in [3.05, 3.63) is 95.1 Å². The van der Waals surface area contributed by atoms with Crippen LogP contribution in [0.1, 0.15) is 81.4 Å². The van der Waals surface area contributed by atoms with E-state index in [1.165, 1.54) is 21.6 Å². The molecule has 2 atom stereocenters. The summed E-state index contributed by atoms with van der Waals surface area (Å²) in [7, 11) is 0. The molecule has 11 nitrogen and oxygen atoms in total. The van der Waals surface area contributed by atoms with Crippen LogP contribution in [0.4, 0.5) is 28.4 Å². The predicted octanol–water partition coefficient (Wildman–Crippen LogP) is 7.52. The van der Waals surface area contributed by atoms with E-state index in [4.69, 9.17) is 14.2 Å². The molecule has 14 heteroatoms. The fourth-order valence-electron chi connectivity index (χ4n) is 6.74. The first-order valence-electron chi connectivity index (χ1n) is 18.0. The van der Waals surface area contributed by atoms with Crippen LogP contribution in [0, 0.1) is 0 Å². The maximum atomic E-state index is 14.9. The summed E-state index contributed by atoms with van der Waals surface area (Å²) in [5, 5.41) is 2.60. The number of fused-ring (bicyclic) bond motifs is 1. The number of rotatable bonds is 9. The van der Waals surface area contributed by atoms with Gasteiger partial charge >= 0.3 is 18.4 Å². The molecule has 0 aliphatic carbocycles. The van der Waals surface area contributed by atoms with Crippen molar-refractivity contribution in [2.75, 3.05) is 31.1 Å². The number of nitrogens with zero attached hydrogens (tertiary/aromatic N) is 3. The lowest BCUT2D eigenvalue weighted by Crippen LogP contribution is -2.55. The Bertz CT molecular complexity index is 1830. The topological polar surface area (TPSA) is 118 Å². The van der Waals surface area contributed by atoms with E-state index in [1.54, 1.807) is 89.2 Å². The number of benzene rings is 3. The highest BCUT2D eigenvalue weighted by Crippen LogP contribution is 2.47. The fourth-order valence-corrected chi connectivity index (χ4v) is 6.74. The summed E-state index contributed by atoms with van der Waals surface area (Å²) >= 11 is 0. The Balaban J connectivity index is 1.50. The molecule has 0 unspecified atom stereocenters. The Morgan fingerprint density at radius 3 is 2.28 bits per heavy atom. The van der Waals surface area contributed by atoms with Crippen molar-refractivity contribution in [2.45, 2.75) is 90.5 Å². The minimum Gasteiger partial charge on any atom is -0.471 e. The number of ether oxygens (including phenoxy) is 3. The SMILES string of the molecule is CC(C)N(C(=O)c1cc2c(cc1C(F)(F)F)O[C@@](C)(c1ccccc1)C(=O)N2CCNC(=O)OCc1ccccc1)[C@@H]1CCCN(C(=O)OC(C)(C)C)C1. The average Bonchev–Trinajstić information content (AvgIpc) is 3.11. The third kappa shape index (κ3) is 9.08. The van der Waals surface area contributed by atoms with Crippen LogP contribution in [0.5, 0.6) is 5.75 Å². The lowest BCUT2D eigenvalue weighted by atomic mass is 9.91. The number of carbonyl (C=O) groups excluding carboxylic acids is 4. The van der Waals surface area contributed by atoms with Crippen molar-refractivity contribution in [1.29, 1.82) is 0 Å². The van der Waals surface area contributed by atoms with Crippen LogP contribution >= 0.6 is 0 Å². The van der Waals surface area contributed by atoms with E-state index >= 15 is 0 Å². The number of alkyl halides is 3. The van der Waals surface area contributed by atoms with Gasteiger partial charge in [-0.25, -0.2) is 9.59 Å². The number of halogens is 3. The summed E-state index contributed by atoms with van der Waals surface area (Å²) in [6.45, 7) is 10.2. The fraction of sp³-hybridized carbons (Fsp3) is 0.450. The molecule has 2 aliphatic rings. The van der Waals surface area contributed by atoms with E-state index in [-0.39, 0.29) is 37.7 Å². The quantitative estimate of drug-likeness (QED) is 0.240. The number of nitrogens with one attached hydrogen (secondary N) is 1. The Labute approximate surface area is 313 Å². The average molecular weight is 753 g/mol. The zero-order chi connectivity index (χ0) is 39.4. The summed E-state index contributed by atoms with van der Waals surface area (Å²) in [5.41, 5.74) is -3.31. The second kappa shape index (κ2) is 16.0. The number of likely N-dealkylation sites (tertiary alicyclic amines) is 1. The summed E-state index contributed by atoms with van der Waals surface area (Å²) in [6, 6.07) is 18.0. The Kier molecular flexibility index (Phi) is 11.8. The molecule has 4 amide bonds. The molecule has 1 saturated heterocycles. The van der Waals surface area contributed by atoms with E-state index in [0.29, 0.717) is 24.9 Å². The van der Waals surface area contributed by atoms with Crippen molar-refractivity contribution in [3.63, 3.8) is 0 Å². The molecule has 2 heterocycles. The van der Waals surface area contributed by atoms with Gasteiger partial charge in [0.15, 0.2) is 0 Å². The van der Waals surface area contributed by atoms with Gasteiger partial charge in [-0.05, 0) is 72.1 Å². The molecule has 1 fully saturated rings. The van der Waals surface area contributed by atoms with Gasteiger partial charge in [-0.2, -0.15) is 13.2 Å². The Hall–Kier alpha value is -5.27. The summed E-state index contributed by atoms with van der Waals surface area (Å²) in [5.74, 6) is -1.79. The number of piperidine rings is 1. The van der Waals surface area contributed by atoms with Gasteiger partial charge in [-0.15, -0.1) is 0 Å². The van der Waals surface area contributed by atoms with Gasteiger partial charge in [-0.3, -0.25) is 9.59 Å². The second-order valence-corrected chi connectivity index (χ2v) is 14.8. The number of anilines is 1. The number of alkyl carbamates (subject to hydrolysis) is 1. The van der Waals surface area contributed by atoms with E-state index < -0.39 is 64.6 Å². The van der Waals surface area contributed by atoms with Crippen LogP contribution in [0.15, 0.2) is 72.8 Å². The zero-order valence-electron chi connectivity index (χ0n) is 31.4. The highest BCUT2D eigenvalue weighted by atomic mass is 19.4. The number of amides is 4. The molecule has 0 radical (unpaired) electrons. The van der Waals surface area contributed by atoms with E-state index in [9.17, 15) is 32.3 Å². The highest BCUT2D eigenvalue weighted by molar-refractivity contribution is 6.05. The molecule has 0 saturated carbocycles. The zero-order valence-corrected chi connectivity index (χ0v) is 31.4. The molecule has 0 spiro atoms. The van der Waals surface area contributed by atoms with Crippen molar-refractivity contribution in [2.24, 2.45) is 0 Å². The number of carbonyl (C=O) groups is 4. The first-order valence-corrected chi connectivity index (χ1v) is 18.0. The Morgan fingerprint density at radius 1 is 1.02 bits per heavy atom. The predicted molar refractivity (Wildman–Crippen MR) is 195 cm³/mol. The highest BCUT2D eigenvalue weighted by Gasteiger charge is 2.48. The van der Waals surface area contributed by atoms with E-state index in [2.05, 4.69) is 5.32 Å². The third-order valence-corrected chi connectivity index (χ3v) is 9.27. The van der Waals surface area contributed by atoms with Gasteiger partial charge in [0.05, 0.1) is 22.9 Å². The van der Waals surface area contributed by atoms with Gasteiger partial charge < -0.3 is 34.2 Å². The molecular weight excluding hydrogens is 705 g/mol. The van der Waals surface area contributed by atoms with Gasteiger partial charge in [0.1, 0.15) is 18.0 Å². The normalized spacial score (nSPS) is 18.8. The smallest absolute Gasteiger partial charge is 0.417 e. The molecular formula is C40H47F3N4O7. The largest absolute Gasteiger partial charge is 0.471 e. The molecule has 0 bridgehead atoms. The van der Waals surface area contributed by atoms with Crippen LogP contribution in [-0.4, -0.2) is 77.7 Å². The number of hydrogen-bond donors (Lipinski definition) is 1. The second-order valence-electron chi connectivity index (χ2n) is 14.8. The monoisotopic (exact) mass is 752 g/mol. The summed E-state index contributed by atoms with van der Waals surface area (Å²) in [4.78, 5) is 58.4. The van der Waals surface area contributed by atoms with Crippen molar-refractivity contribution in [3.8, 4) is 5.75 Å². The standard InChI is InChI=1S/C40H47F3N4O7/c1-26(2)47(29-18-13-20-45(24-29)37(51)54-38(3,4)5)34(48)30-22-32-33(23-31(30)40(41,42)43)53-39(6,28-16-11-8-12-17-28)35(49)46(32)21-19-44-36(50)52-25-27-14-9-7-10-15-27/h7-12,14-17,22-23,26,29H,13,18-21,24-25H2,1-6H3,(H,44,50)/t29-,39+/m1/s1. The summed E-state index contributed by atoms with van der Waals surface area (Å²) < 4.78 is 61.8. The first-order chi connectivity index (χ1) is 25.4. The van der Waals surface area contributed by atoms with Crippen molar-refractivity contribution >= 4 is 29.7 Å². The molecule has 5 rings (SSSR count). The van der Waals surface area contributed by atoms with Gasteiger partial charge in [0.25, 0.3) is 11.8 Å². The molecule has 290 valence electrons. The van der Waals surface area contributed by atoms with Crippen molar-refractivity contribution in [1.82, 2.24) is 15.1 Å². The molecule has 3 aromatic carbocycles. The van der Waals surface area contributed by atoms with Crippen LogP contribution in [0.25, 0.3) is 0 Å². The minimum absolute atomic E-state index is 0.00659. The minimum atomic E-state index is -4.99.